The van der Waals surface area contributed by atoms with Gasteiger partial charge < -0.3 is 20.8 Å². The molecule has 0 aliphatic heterocycles. The Hall–Kier alpha value is -2.50. The van der Waals surface area contributed by atoms with E-state index in [9.17, 15) is 24.6 Å². The molecule has 4 N–H and O–H groups in total. The van der Waals surface area contributed by atoms with Gasteiger partial charge in [-0.1, -0.05) is 12.1 Å². The normalized spacial score (nSPS) is 10.9. The molecule has 0 fully saturated rings. The molecule has 34 heavy (non-hydrogen) atoms. The van der Waals surface area contributed by atoms with Crippen molar-refractivity contribution in [3.8, 4) is 5.75 Å². The summed E-state index contributed by atoms with van der Waals surface area (Å²) < 4.78 is 0.333. The average Bonchev–Trinajstić information content (AvgIpc) is 3.07. The standard InChI is InChI=1S/C23H20BrN3O5S.Na/c1-12-20(33-13(2)26-12)10-19(23(31)32)27-22(30)17-7-6-15(9-18(17)24)21(29)25-11-14-4-3-5-16(28)8-14;/h3-10,28H,11H2,1-2H3,(H,25,29)(H,27,30)(H,31,32);. The minimum Gasteiger partial charge on any atom is -0.508 e. The Morgan fingerprint density at radius 3 is 2.44 bits per heavy atom. The first kappa shape index (κ1) is 27.7. The summed E-state index contributed by atoms with van der Waals surface area (Å²) in [4.78, 5) is 41.7. The van der Waals surface area contributed by atoms with Gasteiger partial charge in [0.2, 0.25) is 0 Å². The minimum absolute atomic E-state index is 0. The molecule has 3 aromatic rings. The molecule has 2 amide bonds. The molecule has 0 saturated carbocycles. The van der Waals surface area contributed by atoms with Crippen LogP contribution in [0.5, 0.6) is 5.75 Å². The quantitative estimate of drug-likeness (QED) is 0.261. The Morgan fingerprint density at radius 2 is 1.85 bits per heavy atom. The van der Waals surface area contributed by atoms with Crippen LogP contribution in [0.4, 0.5) is 0 Å². The predicted molar refractivity (Wildman–Crippen MR) is 134 cm³/mol. The minimum atomic E-state index is -1.28. The van der Waals surface area contributed by atoms with Crippen LogP contribution >= 0.6 is 27.3 Å². The van der Waals surface area contributed by atoms with Crippen LogP contribution in [0.3, 0.4) is 0 Å². The monoisotopic (exact) mass is 552 g/mol. The number of hydrogen-bond acceptors (Lipinski definition) is 6. The smallest absolute Gasteiger partial charge is 0.352 e. The Bertz CT molecular complexity index is 1280. The number of benzene rings is 2. The molecule has 8 nitrogen and oxygen atoms in total. The fraction of sp³-hybridized carbons (Fsp3) is 0.130. The Balaban J connectivity index is 0.00000408. The molecule has 2 aromatic carbocycles. The zero-order chi connectivity index (χ0) is 24.1. The number of hydrogen-bond donors (Lipinski definition) is 4. The maximum atomic E-state index is 12.7. The van der Waals surface area contributed by atoms with E-state index in [2.05, 4.69) is 31.5 Å². The van der Waals surface area contributed by atoms with E-state index in [1.54, 1.807) is 25.1 Å². The summed E-state index contributed by atoms with van der Waals surface area (Å²) in [5.41, 5.74) is 1.60. The van der Waals surface area contributed by atoms with Gasteiger partial charge in [0.05, 0.1) is 21.1 Å². The molecule has 1 heterocycles. The van der Waals surface area contributed by atoms with Gasteiger partial charge in [0.25, 0.3) is 11.8 Å². The summed E-state index contributed by atoms with van der Waals surface area (Å²) in [6.07, 6.45) is 1.37. The molecule has 0 atom stereocenters. The van der Waals surface area contributed by atoms with Gasteiger partial charge in [-0.3, -0.25) is 9.59 Å². The number of nitrogens with one attached hydrogen (secondary N) is 2. The number of thiazole rings is 1. The number of carbonyl (C=O) groups is 3. The summed E-state index contributed by atoms with van der Waals surface area (Å²) in [7, 11) is 0. The van der Waals surface area contributed by atoms with E-state index in [-0.39, 0.29) is 59.0 Å². The van der Waals surface area contributed by atoms with E-state index in [4.69, 9.17) is 0 Å². The van der Waals surface area contributed by atoms with Crippen molar-refractivity contribution in [2.75, 3.05) is 0 Å². The van der Waals surface area contributed by atoms with Crippen LogP contribution in [-0.4, -0.2) is 62.5 Å². The van der Waals surface area contributed by atoms with Crippen LogP contribution in [0, 0.1) is 13.8 Å². The predicted octanol–water partition coefficient (Wildman–Crippen LogP) is 3.63. The van der Waals surface area contributed by atoms with Gasteiger partial charge in [-0.15, -0.1) is 11.3 Å². The number of carboxylic acids is 1. The number of phenols is 1. The summed E-state index contributed by atoms with van der Waals surface area (Å²) in [5.74, 6) is -2.18. The summed E-state index contributed by atoms with van der Waals surface area (Å²) >= 11 is 4.61. The average molecular weight is 553 g/mol. The number of nitrogens with zero attached hydrogens (tertiary/aromatic N) is 1. The van der Waals surface area contributed by atoms with Gasteiger partial charge >= 0.3 is 5.97 Å². The first-order valence-electron chi connectivity index (χ1n) is 9.70. The summed E-state index contributed by atoms with van der Waals surface area (Å²) in [6.45, 7) is 3.79. The number of carboxylic acid groups (broad SMARTS) is 1. The largest absolute Gasteiger partial charge is 0.508 e. The molecule has 11 heteroatoms. The van der Waals surface area contributed by atoms with Gasteiger partial charge in [-0.05, 0) is 71.7 Å². The second-order valence-electron chi connectivity index (χ2n) is 7.05. The summed E-state index contributed by atoms with van der Waals surface area (Å²) in [6, 6.07) is 10.9. The molecular weight excluding hydrogens is 533 g/mol. The maximum Gasteiger partial charge on any atom is 0.352 e. The molecule has 0 unspecified atom stereocenters. The number of rotatable bonds is 7. The van der Waals surface area contributed by atoms with E-state index in [1.807, 2.05) is 6.92 Å². The fourth-order valence-corrected chi connectivity index (χ4v) is 4.37. The van der Waals surface area contributed by atoms with Crippen LogP contribution < -0.4 is 10.6 Å². The van der Waals surface area contributed by atoms with Gasteiger partial charge in [0.15, 0.2) is 0 Å². The molecule has 1 aromatic heterocycles. The van der Waals surface area contributed by atoms with Gasteiger partial charge in [0.1, 0.15) is 11.4 Å². The Morgan fingerprint density at radius 1 is 1.12 bits per heavy atom. The fourth-order valence-electron chi connectivity index (χ4n) is 2.94. The van der Waals surface area contributed by atoms with Crippen molar-refractivity contribution in [1.82, 2.24) is 15.6 Å². The number of aromatic nitrogens is 1. The number of halogens is 1. The first-order valence-corrected chi connectivity index (χ1v) is 11.3. The molecular formula is C23H20BrN3NaO5S. The van der Waals surface area contributed by atoms with Crippen molar-refractivity contribution in [2.24, 2.45) is 0 Å². The van der Waals surface area contributed by atoms with Crippen molar-refractivity contribution in [3.63, 3.8) is 0 Å². The van der Waals surface area contributed by atoms with Crippen molar-refractivity contribution >= 4 is 80.7 Å². The molecule has 0 aliphatic rings. The van der Waals surface area contributed by atoms with Crippen molar-refractivity contribution in [3.05, 3.63) is 84.9 Å². The van der Waals surface area contributed by atoms with Gasteiger partial charge in [-0.25, -0.2) is 9.78 Å². The zero-order valence-corrected chi connectivity index (χ0v) is 23.1. The molecule has 0 aliphatic carbocycles. The third-order valence-corrected chi connectivity index (χ3v) is 6.21. The number of aryl methyl sites for hydroxylation is 2. The van der Waals surface area contributed by atoms with E-state index < -0.39 is 11.9 Å². The van der Waals surface area contributed by atoms with Crippen LogP contribution in [0.1, 0.15) is 41.9 Å². The molecule has 0 saturated heterocycles. The van der Waals surface area contributed by atoms with E-state index in [1.165, 1.54) is 41.7 Å². The SMILES string of the molecule is Cc1nc(C)c(C=C(NC(=O)c2ccc(C(=O)NCc3cccc(O)c3)cc2Br)C(=O)O)s1.[Na]. The summed E-state index contributed by atoms with van der Waals surface area (Å²) in [5, 5.41) is 24.9. The van der Waals surface area contributed by atoms with Crippen molar-refractivity contribution in [2.45, 2.75) is 20.4 Å². The van der Waals surface area contributed by atoms with Crippen LogP contribution in [-0.2, 0) is 11.3 Å². The van der Waals surface area contributed by atoms with Crippen LogP contribution in [0.15, 0.2) is 52.6 Å². The molecule has 3 rings (SSSR count). The second-order valence-corrected chi connectivity index (χ2v) is 9.14. The van der Waals surface area contributed by atoms with E-state index in [0.717, 1.165) is 10.6 Å². The third kappa shape index (κ3) is 7.25. The second kappa shape index (κ2) is 12.3. The molecule has 1 radical (unpaired) electrons. The number of aliphatic carboxylic acids is 1. The Kier molecular flexibility index (Phi) is 10.0. The topological polar surface area (TPSA) is 129 Å². The van der Waals surface area contributed by atoms with Gasteiger partial charge in [0, 0.05) is 46.1 Å². The number of amides is 2. The van der Waals surface area contributed by atoms with Crippen LogP contribution in [0.2, 0.25) is 0 Å². The molecule has 0 spiro atoms. The van der Waals surface area contributed by atoms with Crippen molar-refractivity contribution < 1.29 is 24.6 Å². The van der Waals surface area contributed by atoms with Crippen molar-refractivity contribution in [1.29, 1.82) is 0 Å². The number of carbonyl (C=O) groups excluding carboxylic acids is 2. The Labute approximate surface area is 230 Å². The first-order chi connectivity index (χ1) is 15.6. The maximum absolute atomic E-state index is 12.7. The third-order valence-electron chi connectivity index (χ3n) is 4.53. The molecule has 171 valence electrons. The van der Waals surface area contributed by atoms with Gasteiger partial charge in [-0.2, -0.15) is 0 Å². The van der Waals surface area contributed by atoms with Crippen LogP contribution in [0.25, 0.3) is 6.08 Å². The zero-order valence-electron chi connectivity index (χ0n) is 18.7. The van der Waals surface area contributed by atoms with E-state index in [0.29, 0.717) is 20.6 Å². The number of aromatic hydroxyl groups is 1. The molecule has 0 bridgehead atoms. The van der Waals surface area contributed by atoms with E-state index >= 15 is 0 Å². The number of phenolic OH excluding ortho intramolecular Hbond substituents is 1.